The lowest BCUT2D eigenvalue weighted by atomic mass is 10.3. The smallest absolute Gasteiger partial charge is 0.203 e. The molecular formula is C13H10ClF4NOS. The standard InChI is InChI=1S/C13H10ClF4NOS/c14-10-2-1-7(21-10)6-19-3-4-20-13-11(17)8(15)5-9(16)12(13)18/h1-2,5,19H,3-4,6H2. The lowest BCUT2D eigenvalue weighted by Gasteiger charge is -2.09. The number of rotatable bonds is 6. The molecule has 0 spiro atoms. The molecule has 114 valence electrons. The Balaban J connectivity index is 1.84. The number of thiophene rings is 1. The molecule has 0 fully saturated rings. The van der Waals surface area contributed by atoms with Crippen LogP contribution in [0.5, 0.6) is 5.75 Å². The Hall–Kier alpha value is -1.31. The van der Waals surface area contributed by atoms with Crippen molar-refractivity contribution >= 4 is 22.9 Å². The fraction of sp³-hybridized carbons (Fsp3) is 0.231. The van der Waals surface area contributed by atoms with Crippen LogP contribution in [0.1, 0.15) is 4.88 Å². The summed E-state index contributed by atoms with van der Waals surface area (Å²) in [5, 5.41) is 2.95. The van der Waals surface area contributed by atoms with Gasteiger partial charge in [0, 0.05) is 24.0 Å². The van der Waals surface area contributed by atoms with E-state index < -0.39 is 29.0 Å². The van der Waals surface area contributed by atoms with Crippen molar-refractivity contribution in [3.05, 3.63) is 50.7 Å². The van der Waals surface area contributed by atoms with Gasteiger partial charge in [0.25, 0.3) is 0 Å². The number of ether oxygens (including phenoxy) is 1. The molecule has 0 saturated carbocycles. The molecule has 1 aromatic carbocycles. The van der Waals surface area contributed by atoms with Gasteiger partial charge in [-0.3, -0.25) is 0 Å². The molecule has 0 aliphatic rings. The molecule has 1 N–H and O–H groups in total. The second-order valence-corrected chi connectivity index (χ2v) is 5.83. The summed E-state index contributed by atoms with van der Waals surface area (Å²) in [6.45, 7) is 0.603. The highest BCUT2D eigenvalue weighted by Gasteiger charge is 2.20. The summed E-state index contributed by atoms with van der Waals surface area (Å²) in [6, 6.07) is 3.72. The normalized spacial score (nSPS) is 10.9. The van der Waals surface area contributed by atoms with Crippen LogP contribution in [0.25, 0.3) is 0 Å². The number of nitrogens with one attached hydrogen (secondary N) is 1. The highest BCUT2D eigenvalue weighted by molar-refractivity contribution is 7.16. The monoisotopic (exact) mass is 339 g/mol. The van der Waals surface area contributed by atoms with Crippen LogP contribution < -0.4 is 10.1 Å². The first kappa shape index (κ1) is 16.1. The van der Waals surface area contributed by atoms with Crippen LogP contribution in [0, 0.1) is 23.3 Å². The summed E-state index contributed by atoms with van der Waals surface area (Å²) in [4.78, 5) is 0.981. The van der Waals surface area contributed by atoms with Crippen LogP contribution in [0.15, 0.2) is 18.2 Å². The van der Waals surface area contributed by atoms with Crippen molar-refractivity contribution in [2.24, 2.45) is 0 Å². The average molecular weight is 340 g/mol. The summed E-state index contributed by atoms with van der Waals surface area (Å²) in [5.74, 6) is -7.12. The summed E-state index contributed by atoms with van der Waals surface area (Å²) < 4.78 is 57.8. The average Bonchev–Trinajstić information content (AvgIpc) is 2.85. The van der Waals surface area contributed by atoms with Crippen LogP contribution in [0.3, 0.4) is 0 Å². The third kappa shape index (κ3) is 4.09. The van der Waals surface area contributed by atoms with Crippen molar-refractivity contribution in [3.63, 3.8) is 0 Å². The Kier molecular flexibility index (Phi) is 5.44. The van der Waals surface area contributed by atoms with E-state index in [1.807, 2.05) is 6.07 Å². The molecule has 0 saturated heterocycles. The number of benzene rings is 1. The van der Waals surface area contributed by atoms with Crippen molar-refractivity contribution in [2.45, 2.75) is 6.54 Å². The highest BCUT2D eigenvalue weighted by Crippen LogP contribution is 2.26. The molecule has 21 heavy (non-hydrogen) atoms. The first-order valence-electron chi connectivity index (χ1n) is 5.89. The summed E-state index contributed by atoms with van der Waals surface area (Å²) in [7, 11) is 0. The van der Waals surface area contributed by atoms with Crippen molar-refractivity contribution < 1.29 is 22.3 Å². The van der Waals surface area contributed by atoms with Gasteiger partial charge in [-0.15, -0.1) is 11.3 Å². The van der Waals surface area contributed by atoms with E-state index in [2.05, 4.69) is 5.32 Å². The minimum Gasteiger partial charge on any atom is -0.486 e. The van der Waals surface area contributed by atoms with E-state index in [-0.39, 0.29) is 19.2 Å². The van der Waals surface area contributed by atoms with E-state index in [0.717, 1.165) is 4.88 Å². The van der Waals surface area contributed by atoms with Crippen molar-refractivity contribution in [1.82, 2.24) is 5.32 Å². The zero-order valence-corrected chi connectivity index (χ0v) is 12.1. The van der Waals surface area contributed by atoms with Gasteiger partial charge in [0.05, 0.1) is 4.34 Å². The fourth-order valence-electron chi connectivity index (χ4n) is 1.56. The quantitative estimate of drug-likeness (QED) is 0.485. The van der Waals surface area contributed by atoms with Crippen LogP contribution in [0.4, 0.5) is 17.6 Å². The molecule has 0 unspecified atom stereocenters. The predicted molar refractivity (Wildman–Crippen MR) is 72.8 cm³/mol. The molecule has 2 aromatic rings. The molecule has 1 heterocycles. The molecule has 2 rings (SSSR count). The van der Waals surface area contributed by atoms with Gasteiger partial charge in [0.15, 0.2) is 17.4 Å². The van der Waals surface area contributed by atoms with E-state index in [0.29, 0.717) is 10.9 Å². The zero-order chi connectivity index (χ0) is 15.4. The molecule has 0 amide bonds. The maximum absolute atomic E-state index is 13.3. The SMILES string of the molecule is Fc1cc(F)c(F)c(OCCNCc2ccc(Cl)s2)c1F. The van der Waals surface area contributed by atoms with Gasteiger partial charge >= 0.3 is 0 Å². The van der Waals surface area contributed by atoms with Gasteiger partial charge in [0.1, 0.15) is 6.61 Å². The molecular weight excluding hydrogens is 330 g/mol. The topological polar surface area (TPSA) is 21.3 Å². The summed E-state index contributed by atoms with van der Waals surface area (Å²) in [5.41, 5.74) is 0. The molecule has 0 aliphatic heterocycles. The van der Waals surface area contributed by atoms with Gasteiger partial charge in [-0.25, -0.2) is 8.78 Å². The van der Waals surface area contributed by atoms with E-state index in [1.54, 1.807) is 6.07 Å². The minimum absolute atomic E-state index is 0.135. The minimum atomic E-state index is -1.54. The second kappa shape index (κ2) is 7.11. The van der Waals surface area contributed by atoms with Crippen LogP contribution >= 0.6 is 22.9 Å². The Bertz CT molecular complexity index is 609. The molecule has 1 aromatic heterocycles. The number of halogens is 5. The molecule has 0 atom stereocenters. The maximum atomic E-state index is 13.3. The Morgan fingerprint density at radius 2 is 1.76 bits per heavy atom. The van der Waals surface area contributed by atoms with Crippen molar-refractivity contribution in [1.29, 1.82) is 0 Å². The molecule has 8 heteroatoms. The third-order valence-electron chi connectivity index (χ3n) is 2.52. The van der Waals surface area contributed by atoms with Gasteiger partial charge in [0.2, 0.25) is 11.6 Å². The zero-order valence-electron chi connectivity index (χ0n) is 10.6. The number of hydrogen-bond acceptors (Lipinski definition) is 3. The summed E-state index contributed by atoms with van der Waals surface area (Å²) in [6.07, 6.45) is 0. The van der Waals surface area contributed by atoms with E-state index >= 15 is 0 Å². The van der Waals surface area contributed by atoms with Gasteiger partial charge < -0.3 is 10.1 Å². The predicted octanol–water partition coefficient (Wildman–Crippen LogP) is 4.13. The molecule has 0 aliphatic carbocycles. The largest absolute Gasteiger partial charge is 0.486 e. The third-order valence-corrected chi connectivity index (χ3v) is 3.76. The lowest BCUT2D eigenvalue weighted by molar-refractivity contribution is 0.270. The molecule has 0 bridgehead atoms. The van der Waals surface area contributed by atoms with E-state index in [9.17, 15) is 17.6 Å². The van der Waals surface area contributed by atoms with E-state index in [1.165, 1.54) is 11.3 Å². The van der Waals surface area contributed by atoms with Crippen LogP contribution in [0.2, 0.25) is 4.34 Å². The highest BCUT2D eigenvalue weighted by atomic mass is 35.5. The first-order chi connectivity index (χ1) is 9.99. The Morgan fingerprint density at radius 3 is 2.33 bits per heavy atom. The Morgan fingerprint density at radius 1 is 1.10 bits per heavy atom. The van der Waals surface area contributed by atoms with Gasteiger partial charge in [-0.2, -0.15) is 8.78 Å². The molecule has 0 radical (unpaired) electrons. The molecule has 2 nitrogen and oxygen atoms in total. The van der Waals surface area contributed by atoms with Crippen LogP contribution in [-0.4, -0.2) is 13.2 Å². The number of hydrogen-bond donors (Lipinski definition) is 1. The second-order valence-electron chi connectivity index (χ2n) is 4.03. The summed E-state index contributed by atoms with van der Waals surface area (Å²) >= 11 is 7.15. The Labute approximate surface area is 127 Å². The van der Waals surface area contributed by atoms with Gasteiger partial charge in [-0.05, 0) is 12.1 Å². The van der Waals surface area contributed by atoms with Crippen molar-refractivity contribution in [2.75, 3.05) is 13.2 Å². The fourth-order valence-corrected chi connectivity index (χ4v) is 2.62. The van der Waals surface area contributed by atoms with E-state index in [4.69, 9.17) is 16.3 Å². The maximum Gasteiger partial charge on any atom is 0.203 e. The van der Waals surface area contributed by atoms with Crippen LogP contribution in [-0.2, 0) is 6.54 Å². The lowest BCUT2D eigenvalue weighted by Crippen LogP contribution is -2.21. The van der Waals surface area contributed by atoms with Gasteiger partial charge in [-0.1, -0.05) is 11.6 Å². The van der Waals surface area contributed by atoms with Crippen molar-refractivity contribution in [3.8, 4) is 5.75 Å². The first-order valence-corrected chi connectivity index (χ1v) is 7.09.